The summed E-state index contributed by atoms with van der Waals surface area (Å²) in [4.78, 5) is 19.6. The molecule has 0 atom stereocenters. The molecule has 3 heterocycles. The van der Waals surface area contributed by atoms with Crippen LogP contribution in [0.5, 0.6) is 0 Å². The molecular weight excluding hydrogens is 388 g/mol. The molecule has 5 rings (SSSR count). The summed E-state index contributed by atoms with van der Waals surface area (Å²) in [5, 5.41) is 10.9. The van der Waals surface area contributed by atoms with Gasteiger partial charge < -0.3 is 11.1 Å². The van der Waals surface area contributed by atoms with Crippen molar-refractivity contribution in [2.45, 2.75) is 19.9 Å². The van der Waals surface area contributed by atoms with Gasteiger partial charge in [-0.2, -0.15) is 5.10 Å². The van der Waals surface area contributed by atoms with Gasteiger partial charge in [-0.3, -0.25) is 19.8 Å². The van der Waals surface area contributed by atoms with E-state index in [9.17, 15) is 4.79 Å². The van der Waals surface area contributed by atoms with Gasteiger partial charge in [-0.05, 0) is 73.5 Å². The van der Waals surface area contributed by atoms with Gasteiger partial charge in [-0.15, -0.1) is 0 Å². The summed E-state index contributed by atoms with van der Waals surface area (Å²) in [5.74, 6) is -0.246. The van der Waals surface area contributed by atoms with Crippen molar-refractivity contribution in [2.75, 3.05) is 24.1 Å². The molecule has 4 aromatic rings. The van der Waals surface area contributed by atoms with Crippen LogP contribution in [-0.4, -0.2) is 39.1 Å². The molecule has 156 valence electrons. The van der Waals surface area contributed by atoms with Crippen molar-refractivity contribution in [3.63, 3.8) is 0 Å². The van der Waals surface area contributed by atoms with Crippen LogP contribution in [0, 0.1) is 6.92 Å². The standard InChI is InChI=1S/C24H24N6O/c1-15-9-20(5-3-17(15)14-30-7-2-8-30)27-24(31)23-21-11-16(4-6-22(21)28-29-23)18-10-19(25)13-26-12-18/h3-6,9-13H,2,7-8,14,25H2,1H3,(H,27,31)(H,28,29). The number of nitrogens with zero attached hydrogens (tertiary/aromatic N) is 3. The van der Waals surface area contributed by atoms with E-state index in [1.54, 1.807) is 12.4 Å². The van der Waals surface area contributed by atoms with Crippen LogP contribution in [0.3, 0.4) is 0 Å². The molecule has 0 saturated carbocycles. The summed E-state index contributed by atoms with van der Waals surface area (Å²) in [6, 6.07) is 13.7. The minimum atomic E-state index is -0.246. The lowest BCUT2D eigenvalue weighted by Gasteiger charge is -2.31. The molecule has 1 aliphatic rings. The largest absolute Gasteiger partial charge is 0.397 e. The summed E-state index contributed by atoms with van der Waals surface area (Å²) >= 11 is 0. The Morgan fingerprint density at radius 1 is 1.13 bits per heavy atom. The Morgan fingerprint density at radius 2 is 2.00 bits per heavy atom. The number of H-pyrrole nitrogens is 1. The topological polar surface area (TPSA) is 99.9 Å². The van der Waals surface area contributed by atoms with E-state index in [0.717, 1.165) is 47.4 Å². The highest BCUT2D eigenvalue weighted by Gasteiger charge is 2.17. The van der Waals surface area contributed by atoms with E-state index in [0.29, 0.717) is 11.4 Å². The summed E-state index contributed by atoms with van der Waals surface area (Å²) in [6.07, 6.45) is 4.64. The van der Waals surface area contributed by atoms with Crippen molar-refractivity contribution >= 4 is 28.2 Å². The fourth-order valence-electron chi connectivity index (χ4n) is 3.90. The van der Waals surface area contributed by atoms with E-state index in [4.69, 9.17) is 5.73 Å². The van der Waals surface area contributed by atoms with Crippen LogP contribution in [0.4, 0.5) is 11.4 Å². The van der Waals surface area contributed by atoms with Crippen LogP contribution in [-0.2, 0) is 6.54 Å². The Kier molecular flexibility index (Phi) is 4.88. The highest BCUT2D eigenvalue weighted by molar-refractivity contribution is 6.11. The Balaban J connectivity index is 1.39. The maximum atomic E-state index is 13.0. The van der Waals surface area contributed by atoms with Crippen molar-refractivity contribution in [3.05, 3.63) is 71.7 Å². The van der Waals surface area contributed by atoms with Crippen LogP contribution in [0.2, 0.25) is 0 Å². The van der Waals surface area contributed by atoms with Crippen LogP contribution in [0.15, 0.2) is 54.9 Å². The van der Waals surface area contributed by atoms with Crippen LogP contribution in [0.1, 0.15) is 28.0 Å². The second-order valence-electron chi connectivity index (χ2n) is 8.06. The van der Waals surface area contributed by atoms with Gasteiger partial charge >= 0.3 is 0 Å². The predicted octanol–water partition coefficient (Wildman–Crippen LogP) is 3.97. The molecule has 31 heavy (non-hydrogen) atoms. The number of rotatable bonds is 5. The molecular formula is C24H24N6O. The first-order valence-corrected chi connectivity index (χ1v) is 10.4. The second-order valence-corrected chi connectivity index (χ2v) is 8.06. The number of hydrogen-bond acceptors (Lipinski definition) is 5. The Bertz CT molecular complexity index is 1270. The third-order valence-electron chi connectivity index (χ3n) is 5.81. The van der Waals surface area contributed by atoms with E-state index >= 15 is 0 Å². The van der Waals surface area contributed by atoms with Gasteiger partial charge in [0.25, 0.3) is 5.91 Å². The highest BCUT2D eigenvalue weighted by atomic mass is 16.1. The lowest BCUT2D eigenvalue weighted by molar-refractivity contribution is 0.102. The maximum Gasteiger partial charge on any atom is 0.276 e. The molecule has 7 nitrogen and oxygen atoms in total. The van der Waals surface area contributed by atoms with Crippen molar-refractivity contribution in [1.29, 1.82) is 0 Å². The number of anilines is 2. The summed E-state index contributed by atoms with van der Waals surface area (Å²) in [7, 11) is 0. The normalized spacial score (nSPS) is 13.8. The van der Waals surface area contributed by atoms with Crippen molar-refractivity contribution in [2.24, 2.45) is 0 Å². The summed E-state index contributed by atoms with van der Waals surface area (Å²) in [6.45, 7) is 5.38. The number of hydrogen-bond donors (Lipinski definition) is 3. The number of benzene rings is 2. The number of aromatic amines is 1. The van der Waals surface area contributed by atoms with Crippen molar-refractivity contribution in [3.8, 4) is 11.1 Å². The minimum absolute atomic E-state index is 0.246. The number of nitrogens with one attached hydrogen (secondary N) is 2. The number of nitrogen functional groups attached to an aromatic ring is 1. The van der Waals surface area contributed by atoms with Gasteiger partial charge in [0, 0.05) is 35.6 Å². The quantitative estimate of drug-likeness (QED) is 0.460. The van der Waals surface area contributed by atoms with Gasteiger partial charge in [0.15, 0.2) is 5.69 Å². The van der Waals surface area contributed by atoms with Crippen LogP contribution in [0.25, 0.3) is 22.0 Å². The maximum absolute atomic E-state index is 13.0. The lowest BCUT2D eigenvalue weighted by Crippen LogP contribution is -2.36. The minimum Gasteiger partial charge on any atom is -0.397 e. The average molecular weight is 412 g/mol. The average Bonchev–Trinajstić information content (AvgIpc) is 3.15. The molecule has 1 fully saturated rings. The molecule has 7 heteroatoms. The Labute approximate surface area is 180 Å². The van der Waals surface area contributed by atoms with Crippen molar-refractivity contribution in [1.82, 2.24) is 20.1 Å². The van der Waals surface area contributed by atoms with Crippen LogP contribution >= 0.6 is 0 Å². The number of nitrogens with two attached hydrogens (primary N) is 1. The molecule has 2 aromatic heterocycles. The molecule has 2 aromatic carbocycles. The monoisotopic (exact) mass is 412 g/mol. The first-order valence-electron chi connectivity index (χ1n) is 10.4. The van der Waals surface area contributed by atoms with Gasteiger partial charge in [0.2, 0.25) is 0 Å². The van der Waals surface area contributed by atoms with Crippen LogP contribution < -0.4 is 11.1 Å². The number of carbonyl (C=O) groups is 1. The van der Waals surface area contributed by atoms with E-state index in [1.165, 1.54) is 17.5 Å². The second kappa shape index (κ2) is 7.85. The number of pyridine rings is 1. The number of likely N-dealkylation sites (tertiary alicyclic amines) is 1. The first-order chi connectivity index (χ1) is 15.1. The van der Waals surface area contributed by atoms with E-state index in [2.05, 4.69) is 38.4 Å². The fraction of sp³-hybridized carbons (Fsp3) is 0.208. The third kappa shape index (κ3) is 3.87. The molecule has 0 aliphatic carbocycles. The SMILES string of the molecule is Cc1cc(NC(=O)c2n[nH]c3ccc(-c4cncc(N)c4)cc23)ccc1CN1CCC1. The number of fused-ring (bicyclic) bond motifs is 1. The van der Waals surface area contributed by atoms with Gasteiger partial charge in [-0.25, -0.2) is 0 Å². The molecule has 1 amide bonds. The molecule has 1 saturated heterocycles. The summed E-state index contributed by atoms with van der Waals surface area (Å²) < 4.78 is 0. The Morgan fingerprint density at radius 3 is 2.74 bits per heavy atom. The van der Waals surface area contributed by atoms with E-state index < -0.39 is 0 Å². The van der Waals surface area contributed by atoms with Gasteiger partial charge in [0.05, 0.1) is 11.2 Å². The zero-order valence-electron chi connectivity index (χ0n) is 17.4. The van der Waals surface area contributed by atoms with Gasteiger partial charge in [-0.1, -0.05) is 12.1 Å². The molecule has 0 spiro atoms. The van der Waals surface area contributed by atoms with E-state index in [-0.39, 0.29) is 5.91 Å². The molecule has 0 bridgehead atoms. The number of amides is 1. The Hall–Kier alpha value is -3.71. The molecule has 0 unspecified atom stereocenters. The molecule has 1 aliphatic heterocycles. The first kappa shape index (κ1) is 19.3. The highest BCUT2D eigenvalue weighted by Crippen LogP contribution is 2.27. The zero-order chi connectivity index (χ0) is 21.4. The van der Waals surface area contributed by atoms with Gasteiger partial charge in [0.1, 0.15) is 0 Å². The predicted molar refractivity (Wildman–Crippen MR) is 123 cm³/mol. The third-order valence-corrected chi connectivity index (χ3v) is 5.81. The number of carbonyl (C=O) groups excluding carboxylic acids is 1. The van der Waals surface area contributed by atoms with Crippen molar-refractivity contribution < 1.29 is 4.79 Å². The molecule has 4 N–H and O–H groups in total. The lowest BCUT2D eigenvalue weighted by atomic mass is 10.0. The number of aromatic nitrogens is 3. The number of aryl methyl sites for hydroxylation is 1. The smallest absolute Gasteiger partial charge is 0.276 e. The molecule has 0 radical (unpaired) electrons. The fourth-order valence-corrected chi connectivity index (χ4v) is 3.90. The zero-order valence-corrected chi connectivity index (χ0v) is 17.4. The van der Waals surface area contributed by atoms with E-state index in [1.807, 2.05) is 36.4 Å². The summed E-state index contributed by atoms with van der Waals surface area (Å²) in [5.41, 5.74) is 12.7.